The van der Waals surface area contributed by atoms with E-state index in [-0.39, 0.29) is 61.2 Å². The Morgan fingerprint density at radius 2 is 1.41 bits per heavy atom. The van der Waals surface area contributed by atoms with Crippen LogP contribution in [-0.4, -0.2) is 190 Å². The van der Waals surface area contributed by atoms with Crippen molar-refractivity contribution in [1.82, 2.24) is 5.32 Å². The molecule has 2 saturated carbocycles. The summed E-state index contributed by atoms with van der Waals surface area (Å²) in [7, 11) is 1.15. The average Bonchev–Trinajstić information content (AvgIpc) is 1.68. The van der Waals surface area contributed by atoms with E-state index in [9.17, 15) is 49.7 Å². The molecule has 2 bridgehead atoms. The summed E-state index contributed by atoms with van der Waals surface area (Å²) in [5, 5.41) is 62.2. The molecule has 0 aromatic carbocycles. The lowest BCUT2D eigenvalue weighted by Gasteiger charge is -2.56. The van der Waals surface area contributed by atoms with Crippen LogP contribution in [0.3, 0.4) is 0 Å². The van der Waals surface area contributed by atoms with Crippen molar-refractivity contribution in [2.24, 2.45) is 46.8 Å². The van der Waals surface area contributed by atoms with Gasteiger partial charge in [-0.05, 0) is 121 Å². The van der Waals surface area contributed by atoms with Gasteiger partial charge in [-0.15, -0.1) is 0 Å². The summed E-state index contributed by atoms with van der Waals surface area (Å²) in [5.41, 5.74) is -4.89. The summed E-state index contributed by atoms with van der Waals surface area (Å²) < 4.78 is 76.1. The number of fused-ring (bicyclic) bond motifs is 4. The maximum absolute atomic E-state index is 15.6. The van der Waals surface area contributed by atoms with Gasteiger partial charge in [0.05, 0.1) is 86.6 Å². The number of carbonyl (C=O) groups is 5. The van der Waals surface area contributed by atoms with Crippen LogP contribution in [0.5, 0.6) is 0 Å². The maximum atomic E-state index is 15.6. The standard InChI is InChI=1S/C68H98N2O23/c1-31-14-19-49(89-55-29-66(11,70(80)81)61(39(9)86-55)69-65(79)82-13)33(3)24-45-47(74)25-41(30-71)28-68(45)63(77)56(64(78)93-68)62(76)67(12)44(31)17-16-43-57(67)34(4)22-35(5)58(43)92-54-27-51(60(38(8)85-54)87-40(10)72)91-52-21-20-50(36(6)83-52)90-53-26-48(75)59(37(7)84-53)88-42-15-18-46(73)32(2)23-42/h14,16-17,24-25,30,32,34-39,42-55,57-61,73-76H,15,18-23,26-29H2,1-13H3,(H,69,79)/b31-14+,33-24+,62-56?/t32-,34+,35+,36+,37+,38+,39-,42+,43+,44+,45-,46-,47+,48-,49+,50?,51-,52+,53+,54+,55+,57-,58+,59?,60+,61+,66+,67-,68?/m1/s1. The Labute approximate surface area is 543 Å². The van der Waals surface area contributed by atoms with Gasteiger partial charge in [0.1, 0.15) is 35.9 Å². The highest BCUT2D eigenvalue weighted by Crippen LogP contribution is 2.61. The quantitative estimate of drug-likeness (QED) is 0.0222. The van der Waals surface area contributed by atoms with E-state index in [1.165, 1.54) is 19.9 Å². The molecule has 10 rings (SSSR count). The van der Waals surface area contributed by atoms with Crippen molar-refractivity contribution in [3.8, 4) is 0 Å². The molecular formula is C68H98N2O23. The second-order valence-corrected chi connectivity index (χ2v) is 28.8. The number of nitrogens with one attached hydrogen (secondary N) is 1. The second kappa shape index (κ2) is 28.2. The first kappa shape index (κ1) is 70.8. The molecule has 25 nitrogen and oxygen atoms in total. The van der Waals surface area contributed by atoms with Crippen molar-refractivity contribution in [2.75, 3.05) is 7.11 Å². The lowest BCUT2D eigenvalue weighted by Crippen LogP contribution is -2.65. The number of aliphatic hydroxyl groups excluding tert-OH is 4. The molecule has 518 valence electrons. The van der Waals surface area contributed by atoms with E-state index in [1.54, 1.807) is 26.8 Å². The van der Waals surface area contributed by atoms with Crippen LogP contribution in [-0.2, 0) is 76.0 Å². The van der Waals surface area contributed by atoms with Gasteiger partial charge in [0.15, 0.2) is 36.9 Å². The summed E-state index contributed by atoms with van der Waals surface area (Å²) in [6.07, 6.45) is -1.46. The number of ketones is 1. The molecule has 5 heterocycles. The number of aliphatic hydroxyl groups is 4. The van der Waals surface area contributed by atoms with Gasteiger partial charge in [0, 0.05) is 61.7 Å². The Bertz CT molecular complexity index is 2950. The average molecular weight is 1310 g/mol. The lowest BCUT2D eigenvalue weighted by atomic mass is 9.49. The number of nitro groups is 1. The van der Waals surface area contributed by atoms with Crippen molar-refractivity contribution >= 4 is 30.1 Å². The Morgan fingerprint density at radius 3 is 2.06 bits per heavy atom. The van der Waals surface area contributed by atoms with E-state index in [1.807, 2.05) is 46.8 Å². The molecular weight excluding hydrogens is 1210 g/mol. The number of amides is 1. The van der Waals surface area contributed by atoms with Crippen LogP contribution in [0.4, 0.5) is 4.79 Å². The molecule has 93 heavy (non-hydrogen) atoms. The number of Topliss-reactive ketones (excluding diaryl/α,β-unsaturated/α-hetero) is 1. The number of aldehydes is 1. The van der Waals surface area contributed by atoms with Crippen molar-refractivity contribution < 1.29 is 106 Å². The lowest BCUT2D eigenvalue weighted by molar-refractivity contribution is -0.584. The highest BCUT2D eigenvalue weighted by molar-refractivity contribution is 6.26. The van der Waals surface area contributed by atoms with Gasteiger partial charge in [0.2, 0.25) is 11.3 Å². The highest BCUT2D eigenvalue weighted by atomic mass is 16.7. The van der Waals surface area contributed by atoms with Crippen LogP contribution in [0.1, 0.15) is 154 Å². The third-order valence-electron chi connectivity index (χ3n) is 22.2. The number of allylic oxidation sites excluding steroid dienone is 3. The highest BCUT2D eigenvalue weighted by Gasteiger charge is 2.65. The number of esters is 2. The minimum absolute atomic E-state index is 0.000788. The molecule has 29 atom stereocenters. The minimum Gasteiger partial charge on any atom is -0.511 e. The van der Waals surface area contributed by atoms with Crippen molar-refractivity contribution in [1.29, 1.82) is 0 Å². The molecule has 0 radical (unpaired) electrons. The van der Waals surface area contributed by atoms with Crippen molar-refractivity contribution in [2.45, 2.75) is 282 Å². The van der Waals surface area contributed by atoms with Crippen molar-refractivity contribution in [3.63, 3.8) is 0 Å². The summed E-state index contributed by atoms with van der Waals surface area (Å²) in [6, 6.07) is -1.12. The van der Waals surface area contributed by atoms with Gasteiger partial charge in [-0.25, -0.2) is 9.59 Å². The van der Waals surface area contributed by atoms with E-state index >= 15 is 4.79 Å². The Morgan fingerprint density at radius 1 is 0.731 bits per heavy atom. The van der Waals surface area contributed by atoms with Crippen LogP contribution in [0.25, 0.3) is 0 Å². The number of hydrogen-bond acceptors (Lipinski definition) is 23. The first-order chi connectivity index (χ1) is 43.9. The molecule has 7 fully saturated rings. The zero-order valence-electron chi connectivity index (χ0n) is 55.7. The van der Waals surface area contributed by atoms with Gasteiger partial charge in [-0.2, -0.15) is 0 Å². The topological polar surface area (TPSA) is 332 Å². The predicted octanol–water partition coefficient (Wildman–Crippen LogP) is 7.02. The number of ether oxygens (including phenoxy) is 12. The molecule has 5 aliphatic heterocycles. The molecule has 3 unspecified atom stereocenters. The Balaban J connectivity index is 0.904. The number of hydrogen-bond donors (Lipinski definition) is 5. The van der Waals surface area contributed by atoms with Gasteiger partial charge in [-0.3, -0.25) is 24.5 Å². The van der Waals surface area contributed by atoms with E-state index in [4.69, 9.17) is 56.8 Å². The molecule has 5 saturated heterocycles. The molecule has 1 amide bonds. The number of rotatable bonds is 14. The molecule has 0 aromatic rings. The van der Waals surface area contributed by atoms with Crippen LogP contribution < -0.4 is 5.32 Å². The number of alkyl carbamates (subject to hydrolysis) is 1. The normalized spacial score (nSPS) is 47.4. The molecule has 0 aromatic heterocycles. The van der Waals surface area contributed by atoms with E-state index in [0.29, 0.717) is 50.4 Å². The molecule has 5 aliphatic carbocycles. The number of nitrogens with zero attached hydrogens (tertiary/aromatic N) is 1. The van der Waals surface area contributed by atoms with Gasteiger partial charge >= 0.3 is 18.0 Å². The van der Waals surface area contributed by atoms with Gasteiger partial charge in [-0.1, -0.05) is 57.6 Å². The maximum Gasteiger partial charge on any atom is 0.407 e. The van der Waals surface area contributed by atoms with E-state index in [2.05, 4.69) is 25.2 Å². The van der Waals surface area contributed by atoms with Gasteiger partial charge < -0.3 is 82.6 Å². The number of methoxy groups -OCH3 is 1. The monoisotopic (exact) mass is 1310 g/mol. The number of carbonyl (C=O) groups excluding carboxylic acids is 5. The zero-order valence-corrected chi connectivity index (χ0v) is 55.7. The molecule has 5 N–H and O–H groups in total. The smallest absolute Gasteiger partial charge is 0.407 e. The SMILES string of the molecule is COC(=O)N[C@H]1[C@@H](C)O[C@@H](O[C@H]2C/C=C(\C)[C@@H]3C=C[C@@H]4[C@@H](O[C@H]5C[C@@H](O[C@H]6CCC(O[C@H]7C[C@@H](O)C(O[C@H]8CC[C@@H](O)[C@H](C)C8)[C@H](C)O7)[C@H](C)O6)[C@@H](OC(C)=O)[C@H](C)O5)[C@@H](C)C[C@H](C)[C@H]4[C@]3(C)C(O)=C3C(=O)OC4(CC(C=O)=C[C@H](O)[C@H]4/C=C/2C)C3=O)C[C@]1(C)[N+](=O)[O-]. The largest absolute Gasteiger partial charge is 0.511 e. The first-order valence-electron chi connectivity index (χ1n) is 33.4. The van der Waals surface area contributed by atoms with Crippen LogP contribution in [0.2, 0.25) is 0 Å². The Kier molecular flexibility index (Phi) is 21.5. The fourth-order valence-electron chi connectivity index (χ4n) is 17.4. The second-order valence-electron chi connectivity index (χ2n) is 28.8. The van der Waals surface area contributed by atoms with Crippen LogP contribution in [0.15, 0.2) is 58.4 Å². The van der Waals surface area contributed by atoms with E-state index in [0.717, 1.165) is 12.7 Å². The summed E-state index contributed by atoms with van der Waals surface area (Å²) >= 11 is 0. The minimum atomic E-state index is -2.20. The molecule has 1 spiro atoms. The molecule has 10 aliphatic rings. The fourth-order valence-corrected chi connectivity index (χ4v) is 17.4. The van der Waals surface area contributed by atoms with Crippen LogP contribution >= 0.6 is 0 Å². The fraction of sp³-hybridized carbons (Fsp3) is 0.779. The first-order valence-corrected chi connectivity index (χ1v) is 33.4. The zero-order chi connectivity index (χ0) is 67.5. The summed E-state index contributed by atoms with van der Waals surface area (Å²) in [6.45, 7) is 21.4. The van der Waals surface area contributed by atoms with Gasteiger partial charge in [0.25, 0.3) is 0 Å². The predicted molar refractivity (Wildman–Crippen MR) is 328 cm³/mol. The molecule has 25 heteroatoms. The Hall–Kier alpha value is -5.03. The van der Waals surface area contributed by atoms with Crippen LogP contribution in [0, 0.1) is 57.0 Å². The van der Waals surface area contributed by atoms with Crippen molar-refractivity contribution in [3.05, 3.63) is 68.5 Å². The summed E-state index contributed by atoms with van der Waals surface area (Å²) in [5.74, 6) is -6.32. The third-order valence-corrected chi connectivity index (χ3v) is 22.2. The summed E-state index contributed by atoms with van der Waals surface area (Å²) in [4.78, 5) is 80.5. The third kappa shape index (κ3) is 14.0. The van der Waals surface area contributed by atoms with E-state index < -0.39 is 191 Å².